The van der Waals surface area contributed by atoms with E-state index in [0.717, 1.165) is 31.1 Å². The van der Waals surface area contributed by atoms with Gasteiger partial charge in [-0.05, 0) is 13.3 Å². The van der Waals surface area contributed by atoms with Gasteiger partial charge in [0.05, 0.1) is 12.6 Å². The summed E-state index contributed by atoms with van der Waals surface area (Å²) in [7, 11) is 2.02. The first-order valence-corrected chi connectivity index (χ1v) is 5.33. The molecule has 3 N–H and O–H groups in total. The monoisotopic (exact) mass is 223 g/mol. The van der Waals surface area contributed by atoms with Crippen molar-refractivity contribution in [3.8, 4) is 0 Å². The van der Waals surface area contributed by atoms with Gasteiger partial charge in [0.25, 0.3) is 0 Å². The van der Waals surface area contributed by atoms with E-state index < -0.39 is 0 Å². The third-order valence-corrected chi connectivity index (χ3v) is 2.78. The molecule has 1 fully saturated rings. The second-order valence-electron chi connectivity index (χ2n) is 3.96. The van der Waals surface area contributed by atoms with Gasteiger partial charge in [-0.2, -0.15) is 4.98 Å². The number of hydrogen-bond donors (Lipinski definition) is 2. The number of hydrazine groups is 1. The zero-order chi connectivity index (χ0) is 11.5. The summed E-state index contributed by atoms with van der Waals surface area (Å²) in [6.45, 7) is 3.50. The van der Waals surface area contributed by atoms with Crippen LogP contribution in [0.15, 0.2) is 6.07 Å². The van der Waals surface area contributed by atoms with Crippen LogP contribution in [0.25, 0.3) is 0 Å². The van der Waals surface area contributed by atoms with E-state index in [9.17, 15) is 0 Å². The van der Waals surface area contributed by atoms with Crippen LogP contribution >= 0.6 is 0 Å². The Morgan fingerprint density at radius 2 is 2.38 bits per heavy atom. The van der Waals surface area contributed by atoms with Crippen LogP contribution in [-0.4, -0.2) is 36.3 Å². The number of anilines is 2. The van der Waals surface area contributed by atoms with Crippen LogP contribution in [0.1, 0.15) is 12.1 Å². The van der Waals surface area contributed by atoms with Crippen molar-refractivity contribution in [2.75, 3.05) is 30.6 Å². The minimum atomic E-state index is 0.389. The molecule has 0 bridgehead atoms. The van der Waals surface area contributed by atoms with E-state index in [1.54, 1.807) is 0 Å². The van der Waals surface area contributed by atoms with E-state index in [0.29, 0.717) is 12.0 Å². The largest absolute Gasteiger partial charge is 0.379 e. The second-order valence-corrected chi connectivity index (χ2v) is 3.96. The highest BCUT2D eigenvalue weighted by atomic mass is 16.5. The Hall–Kier alpha value is -1.40. The molecular formula is C10H17N5O. The summed E-state index contributed by atoms with van der Waals surface area (Å²) < 4.78 is 5.36. The van der Waals surface area contributed by atoms with Gasteiger partial charge in [-0.3, -0.25) is 5.43 Å². The Balaban J connectivity index is 2.21. The normalized spacial score (nSPS) is 19.8. The van der Waals surface area contributed by atoms with E-state index in [2.05, 4.69) is 20.3 Å². The Morgan fingerprint density at radius 3 is 3.00 bits per heavy atom. The van der Waals surface area contributed by atoms with Crippen molar-refractivity contribution in [1.82, 2.24) is 9.97 Å². The van der Waals surface area contributed by atoms with Crippen molar-refractivity contribution >= 4 is 11.8 Å². The van der Waals surface area contributed by atoms with Gasteiger partial charge in [0.2, 0.25) is 5.95 Å². The van der Waals surface area contributed by atoms with Crippen LogP contribution in [0.4, 0.5) is 11.8 Å². The van der Waals surface area contributed by atoms with Crippen molar-refractivity contribution < 1.29 is 4.74 Å². The summed E-state index contributed by atoms with van der Waals surface area (Å²) in [5.74, 6) is 6.64. The summed E-state index contributed by atoms with van der Waals surface area (Å²) in [5.41, 5.74) is 3.37. The summed E-state index contributed by atoms with van der Waals surface area (Å²) in [6.07, 6.45) is 1.03. The maximum absolute atomic E-state index is 5.36. The first-order chi connectivity index (χ1) is 7.70. The topological polar surface area (TPSA) is 76.3 Å². The van der Waals surface area contributed by atoms with Gasteiger partial charge in [-0.1, -0.05) is 0 Å². The minimum Gasteiger partial charge on any atom is -0.379 e. The summed E-state index contributed by atoms with van der Waals surface area (Å²) in [5, 5.41) is 0. The van der Waals surface area contributed by atoms with E-state index >= 15 is 0 Å². The molecule has 2 heterocycles. The SMILES string of the molecule is Cc1cc(N(C)C2CCOC2)nc(NN)n1. The zero-order valence-corrected chi connectivity index (χ0v) is 9.60. The van der Waals surface area contributed by atoms with Crippen molar-refractivity contribution in [3.63, 3.8) is 0 Å². The Kier molecular flexibility index (Phi) is 3.21. The van der Waals surface area contributed by atoms with Crippen molar-refractivity contribution in [1.29, 1.82) is 0 Å². The fourth-order valence-corrected chi connectivity index (χ4v) is 1.81. The molecule has 0 aliphatic carbocycles. The molecule has 1 aliphatic rings. The molecule has 88 valence electrons. The van der Waals surface area contributed by atoms with Crippen molar-refractivity contribution in [3.05, 3.63) is 11.8 Å². The van der Waals surface area contributed by atoms with Crippen LogP contribution in [0, 0.1) is 6.92 Å². The highest BCUT2D eigenvalue weighted by molar-refractivity contribution is 5.44. The van der Waals surface area contributed by atoms with Gasteiger partial charge in [-0.15, -0.1) is 0 Å². The van der Waals surface area contributed by atoms with Crippen LogP contribution in [-0.2, 0) is 4.74 Å². The maximum atomic E-state index is 5.36. The number of nitrogen functional groups attached to an aromatic ring is 1. The molecular weight excluding hydrogens is 206 g/mol. The molecule has 6 nitrogen and oxygen atoms in total. The van der Waals surface area contributed by atoms with Gasteiger partial charge in [0, 0.05) is 25.4 Å². The smallest absolute Gasteiger partial charge is 0.239 e. The Labute approximate surface area is 94.8 Å². The molecule has 6 heteroatoms. The molecule has 0 spiro atoms. The van der Waals surface area contributed by atoms with Crippen LogP contribution < -0.4 is 16.2 Å². The van der Waals surface area contributed by atoms with Crippen LogP contribution in [0.2, 0.25) is 0 Å². The highest BCUT2D eigenvalue weighted by Gasteiger charge is 2.21. The lowest BCUT2D eigenvalue weighted by atomic mass is 10.2. The summed E-state index contributed by atoms with van der Waals surface area (Å²) in [6, 6.07) is 2.33. The summed E-state index contributed by atoms with van der Waals surface area (Å²) >= 11 is 0. The molecule has 1 aromatic heterocycles. The predicted octanol–water partition coefficient (Wildman–Crippen LogP) is 0.296. The second kappa shape index (κ2) is 4.63. The number of nitrogens with zero attached hydrogens (tertiary/aromatic N) is 3. The van der Waals surface area contributed by atoms with E-state index in [1.807, 2.05) is 20.0 Å². The molecule has 0 amide bonds. The standard InChI is InChI=1S/C10H17N5O/c1-7-5-9(13-10(12-7)14-11)15(2)8-3-4-16-6-8/h5,8H,3-4,6,11H2,1-2H3,(H,12,13,14). The number of hydrogen-bond acceptors (Lipinski definition) is 6. The first kappa shape index (κ1) is 11.1. The number of nitrogens with two attached hydrogens (primary N) is 1. The lowest BCUT2D eigenvalue weighted by molar-refractivity contribution is 0.193. The molecule has 2 rings (SSSR count). The predicted molar refractivity (Wildman–Crippen MR) is 62.2 cm³/mol. The number of likely N-dealkylation sites (N-methyl/N-ethyl adjacent to an activating group) is 1. The van der Waals surface area contributed by atoms with Gasteiger partial charge in [0.1, 0.15) is 5.82 Å². The van der Waals surface area contributed by atoms with Gasteiger partial charge >= 0.3 is 0 Å². The van der Waals surface area contributed by atoms with Crippen LogP contribution in [0.3, 0.4) is 0 Å². The lowest BCUT2D eigenvalue weighted by Gasteiger charge is -2.24. The molecule has 1 aromatic rings. The molecule has 0 saturated carbocycles. The van der Waals surface area contributed by atoms with E-state index in [4.69, 9.17) is 10.6 Å². The van der Waals surface area contributed by atoms with Crippen molar-refractivity contribution in [2.45, 2.75) is 19.4 Å². The number of nitrogens with one attached hydrogen (secondary N) is 1. The average molecular weight is 223 g/mol. The van der Waals surface area contributed by atoms with Gasteiger partial charge in [0.15, 0.2) is 0 Å². The number of aryl methyl sites for hydroxylation is 1. The number of rotatable bonds is 3. The molecule has 1 saturated heterocycles. The fraction of sp³-hybridized carbons (Fsp3) is 0.600. The Morgan fingerprint density at radius 1 is 1.56 bits per heavy atom. The zero-order valence-electron chi connectivity index (χ0n) is 9.60. The third-order valence-electron chi connectivity index (χ3n) is 2.78. The molecule has 1 unspecified atom stereocenters. The molecule has 16 heavy (non-hydrogen) atoms. The van der Waals surface area contributed by atoms with Gasteiger partial charge < -0.3 is 9.64 Å². The van der Waals surface area contributed by atoms with E-state index in [1.165, 1.54) is 0 Å². The fourth-order valence-electron chi connectivity index (χ4n) is 1.81. The van der Waals surface area contributed by atoms with Gasteiger partial charge in [-0.25, -0.2) is 10.8 Å². The maximum Gasteiger partial charge on any atom is 0.239 e. The molecule has 1 atom stereocenters. The lowest BCUT2D eigenvalue weighted by Crippen LogP contribution is -2.32. The first-order valence-electron chi connectivity index (χ1n) is 5.33. The number of ether oxygens (including phenoxy) is 1. The molecule has 0 aromatic carbocycles. The molecule has 0 radical (unpaired) electrons. The van der Waals surface area contributed by atoms with Crippen molar-refractivity contribution in [2.24, 2.45) is 5.84 Å². The van der Waals surface area contributed by atoms with Crippen LogP contribution in [0.5, 0.6) is 0 Å². The highest BCUT2D eigenvalue weighted by Crippen LogP contribution is 2.19. The minimum absolute atomic E-state index is 0.389. The quantitative estimate of drug-likeness (QED) is 0.567. The Bertz CT molecular complexity index is 364. The van der Waals surface area contributed by atoms with E-state index in [-0.39, 0.29) is 0 Å². The average Bonchev–Trinajstić information content (AvgIpc) is 2.80. The number of aromatic nitrogens is 2. The summed E-state index contributed by atoms with van der Waals surface area (Å²) in [4.78, 5) is 10.6. The third kappa shape index (κ3) is 2.23. The molecule has 1 aliphatic heterocycles.